The number of nitrogens with zero attached hydrogens (tertiary/aromatic N) is 5. The minimum Gasteiger partial charge on any atom is -0.310 e. The maximum absolute atomic E-state index is 12.6. The van der Waals surface area contributed by atoms with E-state index >= 15 is 0 Å². The highest BCUT2D eigenvalue weighted by molar-refractivity contribution is 6.30. The van der Waals surface area contributed by atoms with E-state index < -0.39 is 0 Å². The quantitative estimate of drug-likeness (QED) is 0.457. The standard InChI is InChI=1S/C24H25ClN6O/c1-17-13-22(30(3)27-17)26-23(32)16-29(2)14-19-15-31(21-7-5-4-6-8-21)28-24(19)18-9-11-20(25)12-10-18/h4-13,15H,14,16H2,1-3H3,(H,26,32). The van der Waals surface area contributed by atoms with Gasteiger partial charge in [0, 0.05) is 42.0 Å². The van der Waals surface area contributed by atoms with Gasteiger partial charge in [-0.15, -0.1) is 0 Å². The number of aryl methyl sites for hydroxylation is 2. The van der Waals surface area contributed by atoms with E-state index in [1.807, 2.05) is 97.5 Å². The lowest BCUT2D eigenvalue weighted by Crippen LogP contribution is -2.30. The van der Waals surface area contributed by atoms with Crippen molar-refractivity contribution in [2.45, 2.75) is 13.5 Å². The van der Waals surface area contributed by atoms with Crippen molar-refractivity contribution in [3.63, 3.8) is 0 Å². The second-order valence-corrected chi connectivity index (χ2v) is 8.24. The molecule has 0 aliphatic rings. The Hall–Kier alpha value is -3.42. The van der Waals surface area contributed by atoms with Crippen LogP contribution in [0.5, 0.6) is 0 Å². The summed E-state index contributed by atoms with van der Waals surface area (Å²) in [6.07, 6.45) is 2.01. The number of likely N-dealkylation sites (N-methyl/N-ethyl adjacent to an activating group) is 1. The molecule has 8 heteroatoms. The fraction of sp³-hybridized carbons (Fsp3) is 0.208. The number of benzene rings is 2. The van der Waals surface area contributed by atoms with Crippen molar-refractivity contribution in [1.29, 1.82) is 0 Å². The molecule has 1 N–H and O–H groups in total. The van der Waals surface area contributed by atoms with Crippen molar-refractivity contribution >= 4 is 23.3 Å². The van der Waals surface area contributed by atoms with Gasteiger partial charge in [-0.3, -0.25) is 14.4 Å². The Balaban J connectivity index is 1.54. The fourth-order valence-corrected chi connectivity index (χ4v) is 3.72. The van der Waals surface area contributed by atoms with Crippen LogP contribution >= 0.6 is 11.6 Å². The monoisotopic (exact) mass is 448 g/mol. The number of para-hydroxylation sites is 1. The molecule has 4 rings (SSSR count). The van der Waals surface area contributed by atoms with Crippen LogP contribution in [0.25, 0.3) is 16.9 Å². The number of rotatable bonds is 7. The predicted octanol–water partition coefficient (Wildman–Crippen LogP) is 4.31. The summed E-state index contributed by atoms with van der Waals surface area (Å²) in [7, 11) is 3.72. The van der Waals surface area contributed by atoms with Crippen LogP contribution in [0.3, 0.4) is 0 Å². The maximum atomic E-state index is 12.6. The number of anilines is 1. The number of amides is 1. The van der Waals surface area contributed by atoms with Crippen molar-refractivity contribution in [3.05, 3.63) is 83.1 Å². The van der Waals surface area contributed by atoms with Gasteiger partial charge in [0.1, 0.15) is 5.82 Å². The smallest absolute Gasteiger partial charge is 0.239 e. The molecule has 7 nitrogen and oxygen atoms in total. The number of hydrogen-bond donors (Lipinski definition) is 1. The molecule has 0 bridgehead atoms. The average Bonchev–Trinajstić information content (AvgIpc) is 3.31. The first-order valence-corrected chi connectivity index (χ1v) is 10.7. The zero-order chi connectivity index (χ0) is 22.7. The Kier molecular flexibility index (Phi) is 6.39. The molecule has 0 spiro atoms. The zero-order valence-electron chi connectivity index (χ0n) is 18.3. The predicted molar refractivity (Wildman–Crippen MR) is 127 cm³/mol. The largest absolute Gasteiger partial charge is 0.310 e. The van der Waals surface area contributed by atoms with Gasteiger partial charge in [-0.2, -0.15) is 10.2 Å². The fourth-order valence-electron chi connectivity index (χ4n) is 3.59. The van der Waals surface area contributed by atoms with Gasteiger partial charge in [-0.1, -0.05) is 41.9 Å². The first-order valence-electron chi connectivity index (χ1n) is 10.3. The maximum Gasteiger partial charge on any atom is 0.239 e. The van der Waals surface area contributed by atoms with Gasteiger partial charge in [0.15, 0.2) is 0 Å². The number of carbonyl (C=O) groups excluding carboxylic acids is 1. The van der Waals surface area contributed by atoms with E-state index in [1.165, 1.54) is 0 Å². The van der Waals surface area contributed by atoms with Crippen molar-refractivity contribution in [2.75, 3.05) is 18.9 Å². The Morgan fingerprint density at radius 2 is 1.81 bits per heavy atom. The van der Waals surface area contributed by atoms with Gasteiger partial charge >= 0.3 is 0 Å². The van der Waals surface area contributed by atoms with Gasteiger partial charge in [-0.25, -0.2) is 4.68 Å². The minimum absolute atomic E-state index is 0.0982. The molecule has 0 radical (unpaired) electrons. The van der Waals surface area contributed by atoms with E-state index in [0.717, 1.165) is 28.2 Å². The molecule has 1 amide bonds. The van der Waals surface area contributed by atoms with Gasteiger partial charge in [0.25, 0.3) is 0 Å². The molecular formula is C24H25ClN6O. The van der Waals surface area contributed by atoms with E-state index in [1.54, 1.807) is 4.68 Å². The third-order valence-electron chi connectivity index (χ3n) is 5.05. The van der Waals surface area contributed by atoms with Crippen molar-refractivity contribution in [2.24, 2.45) is 7.05 Å². The third kappa shape index (κ3) is 5.07. The molecule has 4 aromatic rings. The molecule has 0 fully saturated rings. The zero-order valence-corrected chi connectivity index (χ0v) is 19.0. The Morgan fingerprint density at radius 1 is 1.09 bits per heavy atom. The second-order valence-electron chi connectivity index (χ2n) is 7.80. The van der Waals surface area contributed by atoms with E-state index in [4.69, 9.17) is 16.7 Å². The molecule has 0 aliphatic heterocycles. The third-order valence-corrected chi connectivity index (χ3v) is 5.30. The lowest BCUT2D eigenvalue weighted by atomic mass is 10.1. The van der Waals surface area contributed by atoms with E-state index in [0.29, 0.717) is 17.4 Å². The first kappa shape index (κ1) is 21.8. The minimum atomic E-state index is -0.0982. The summed E-state index contributed by atoms with van der Waals surface area (Å²) in [4.78, 5) is 14.5. The summed E-state index contributed by atoms with van der Waals surface area (Å²) in [5, 5.41) is 12.7. The highest BCUT2D eigenvalue weighted by Gasteiger charge is 2.16. The molecule has 0 aliphatic carbocycles. The molecule has 0 unspecified atom stereocenters. The van der Waals surface area contributed by atoms with E-state index in [2.05, 4.69) is 10.4 Å². The summed E-state index contributed by atoms with van der Waals surface area (Å²) < 4.78 is 3.53. The highest BCUT2D eigenvalue weighted by Crippen LogP contribution is 2.26. The van der Waals surface area contributed by atoms with Crippen molar-refractivity contribution in [1.82, 2.24) is 24.5 Å². The van der Waals surface area contributed by atoms with Gasteiger partial charge in [0.2, 0.25) is 5.91 Å². The van der Waals surface area contributed by atoms with Crippen LogP contribution in [-0.2, 0) is 18.4 Å². The number of halogens is 1. The van der Waals surface area contributed by atoms with Crippen molar-refractivity contribution < 1.29 is 4.79 Å². The Labute approximate surface area is 192 Å². The van der Waals surface area contributed by atoms with E-state index in [-0.39, 0.29) is 12.5 Å². The lowest BCUT2D eigenvalue weighted by Gasteiger charge is -2.16. The van der Waals surface area contributed by atoms with Crippen molar-refractivity contribution in [3.8, 4) is 16.9 Å². The molecule has 0 saturated heterocycles. The summed E-state index contributed by atoms with van der Waals surface area (Å²) >= 11 is 6.08. The topological polar surface area (TPSA) is 68.0 Å². The normalized spacial score (nSPS) is 11.2. The molecule has 2 heterocycles. The van der Waals surface area contributed by atoms with Crippen LogP contribution in [0.1, 0.15) is 11.3 Å². The van der Waals surface area contributed by atoms with Crippen LogP contribution in [0.4, 0.5) is 5.82 Å². The average molecular weight is 449 g/mol. The molecule has 2 aromatic carbocycles. The lowest BCUT2D eigenvalue weighted by molar-refractivity contribution is -0.117. The molecule has 2 aromatic heterocycles. The second kappa shape index (κ2) is 9.38. The van der Waals surface area contributed by atoms with E-state index in [9.17, 15) is 4.79 Å². The molecule has 0 atom stereocenters. The van der Waals surface area contributed by atoms with Crippen LogP contribution in [-0.4, -0.2) is 44.0 Å². The Morgan fingerprint density at radius 3 is 2.47 bits per heavy atom. The highest BCUT2D eigenvalue weighted by atomic mass is 35.5. The number of aromatic nitrogens is 4. The molecule has 164 valence electrons. The van der Waals surface area contributed by atoms with Crippen LogP contribution in [0.15, 0.2) is 66.9 Å². The summed E-state index contributed by atoms with van der Waals surface area (Å²) in [6, 6.07) is 19.4. The van der Waals surface area contributed by atoms with Gasteiger partial charge < -0.3 is 5.32 Å². The summed E-state index contributed by atoms with van der Waals surface area (Å²) in [6.45, 7) is 2.69. The van der Waals surface area contributed by atoms with Crippen LogP contribution in [0.2, 0.25) is 5.02 Å². The molecule has 32 heavy (non-hydrogen) atoms. The Bertz CT molecular complexity index is 1210. The number of hydrogen-bond acceptors (Lipinski definition) is 4. The number of nitrogens with one attached hydrogen (secondary N) is 1. The SMILES string of the molecule is Cc1cc(NC(=O)CN(C)Cc2cn(-c3ccccc3)nc2-c2ccc(Cl)cc2)n(C)n1. The van der Waals surface area contributed by atoms with Crippen LogP contribution < -0.4 is 5.32 Å². The summed E-state index contributed by atoms with van der Waals surface area (Å²) in [5.41, 5.74) is 4.68. The van der Waals surface area contributed by atoms with Crippen LogP contribution in [0, 0.1) is 6.92 Å². The van der Waals surface area contributed by atoms with Gasteiger partial charge in [-0.05, 0) is 38.2 Å². The molecular weight excluding hydrogens is 424 g/mol. The van der Waals surface area contributed by atoms with Gasteiger partial charge in [0.05, 0.1) is 23.6 Å². The number of carbonyl (C=O) groups is 1. The summed E-state index contributed by atoms with van der Waals surface area (Å²) in [5.74, 6) is 0.582. The molecule has 0 saturated carbocycles. The first-order chi connectivity index (χ1) is 15.4.